The summed E-state index contributed by atoms with van der Waals surface area (Å²) >= 11 is 6.00. The van der Waals surface area contributed by atoms with Gasteiger partial charge in [0.25, 0.3) is 0 Å². The van der Waals surface area contributed by atoms with Crippen molar-refractivity contribution in [2.75, 3.05) is 25.0 Å². The maximum absolute atomic E-state index is 12.0. The van der Waals surface area contributed by atoms with Crippen molar-refractivity contribution in [3.05, 3.63) is 29.3 Å². The number of nitrogens with two attached hydrogens (primary N) is 1. The van der Waals surface area contributed by atoms with E-state index in [0.717, 1.165) is 38.2 Å². The quantitative estimate of drug-likeness (QED) is 0.879. The summed E-state index contributed by atoms with van der Waals surface area (Å²) in [5, 5.41) is 3.97. The number of likely N-dealkylation sites (tertiary alicyclic amines) is 1. The molecule has 0 spiro atoms. The van der Waals surface area contributed by atoms with Gasteiger partial charge in [-0.05, 0) is 37.0 Å². The monoisotopic (exact) mass is 309 g/mol. The Morgan fingerprint density at radius 3 is 2.62 bits per heavy atom. The summed E-state index contributed by atoms with van der Waals surface area (Å²) in [6.45, 7) is 7.25. The minimum absolute atomic E-state index is 0.285. The van der Waals surface area contributed by atoms with Gasteiger partial charge in [-0.25, -0.2) is 0 Å². The van der Waals surface area contributed by atoms with Gasteiger partial charge < -0.3 is 16.0 Å². The number of primary amides is 1. The molecule has 0 saturated carbocycles. The third-order valence-electron chi connectivity index (χ3n) is 4.01. The predicted molar refractivity (Wildman–Crippen MR) is 87.5 cm³/mol. The number of benzene rings is 1. The summed E-state index contributed by atoms with van der Waals surface area (Å²) < 4.78 is 0. The zero-order valence-corrected chi connectivity index (χ0v) is 13.5. The SMILES string of the molecule is CC(C)CN1CCC(Nc2cccc(Cl)c2)(C(N)=O)CC1. The fraction of sp³-hybridized carbons (Fsp3) is 0.562. The van der Waals surface area contributed by atoms with Crippen LogP contribution in [0.5, 0.6) is 0 Å². The molecule has 4 nitrogen and oxygen atoms in total. The molecule has 0 radical (unpaired) electrons. The maximum atomic E-state index is 12.0. The molecule has 0 bridgehead atoms. The molecule has 1 aromatic carbocycles. The summed E-state index contributed by atoms with van der Waals surface area (Å²) in [6, 6.07) is 7.42. The molecule has 0 atom stereocenters. The van der Waals surface area contributed by atoms with E-state index in [-0.39, 0.29) is 5.91 Å². The Bertz CT molecular complexity index is 496. The van der Waals surface area contributed by atoms with Gasteiger partial charge in [0.05, 0.1) is 0 Å². The van der Waals surface area contributed by atoms with Gasteiger partial charge in [-0.2, -0.15) is 0 Å². The zero-order valence-electron chi connectivity index (χ0n) is 12.7. The van der Waals surface area contributed by atoms with Crippen LogP contribution in [0.4, 0.5) is 5.69 Å². The second-order valence-electron chi connectivity index (χ2n) is 6.28. The number of rotatable bonds is 5. The minimum Gasteiger partial charge on any atom is -0.371 e. The van der Waals surface area contributed by atoms with Gasteiger partial charge in [-0.15, -0.1) is 0 Å². The molecule has 0 aliphatic carbocycles. The van der Waals surface area contributed by atoms with Gasteiger partial charge in [0.1, 0.15) is 5.54 Å². The van der Waals surface area contributed by atoms with Crippen LogP contribution in [-0.4, -0.2) is 36.0 Å². The van der Waals surface area contributed by atoms with Crippen LogP contribution in [0.2, 0.25) is 5.02 Å². The minimum atomic E-state index is -0.668. The van der Waals surface area contributed by atoms with Crippen molar-refractivity contribution in [2.24, 2.45) is 11.7 Å². The first-order valence-electron chi connectivity index (χ1n) is 7.47. The number of halogens is 1. The van der Waals surface area contributed by atoms with Gasteiger partial charge in [0.2, 0.25) is 5.91 Å². The van der Waals surface area contributed by atoms with E-state index in [1.165, 1.54) is 0 Å². The lowest BCUT2D eigenvalue weighted by Crippen LogP contribution is -2.57. The Kier molecular flexibility index (Phi) is 5.12. The smallest absolute Gasteiger partial charge is 0.243 e. The highest BCUT2D eigenvalue weighted by atomic mass is 35.5. The van der Waals surface area contributed by atoms with Crippen molar-refractivity contribution < 1.29 is 4.79 Å². The van der Waals surface area contributed by atoms with Gasteiger partial charge in [-0.1, -0.05) is 31.5 Å². The molecule has 1 saturated heterocycles. The van der Waals surface area contributed by atoms with Crippen molar-refractivity contribution in [3.8, 4) is 0 Å². The molecule has 1 amide bonds. The Morgan fingerprint density at radius 2 is 2.10 bits per heavy atom. The molecule has 1 aromatic rings. The van der Waals surface area contributed by atoms with E-state index in [4.69, 9.17) is 17.3 Å². The van der Waals surface area contributed by atoms with Crippen LogP contribution >= 0.6 is 11.6 Å². The summed E-state index contributed by atoms with van der Waals surface area (Å²) in [4.78, 5) is 14.4. The third kappa shape index (κ3) is 4.11. The number of anilines is 1. The van der Waals surface area contributed by atoms with Crippen LogP contribution < -0.4 is 11.1 Å². The van der Waals surface area contributed by atoms with Crippen LogP contribution in [0, 0.1) is 5.92 Å². The molecule has 3 N–H and O–H groups in total. The Morgan fingerprint density at radius 1 is 1.43 bits per heavy atom. The molecule has 0 unspecified atom stereocenters. The molecule has 1 fully saturated rings. The normalized spacial score (nSPS) is 18.7. The lowest BCUT2D eigenvalue weighted by atomic mass is 9.86. The molecule has 0 aromatic heterocycles. The Hall–Kier alpha value is -1.26. The molecule has 5 heteroatoms. The number of nitrogens with one attached hydrogen (secondary N) is 1. The van der Waals surface area contributed by atoms with E-state index in [9.17, 15) is 4.79 Å². The highest BCUT2D eigenvalue weighted by Gasteiger charge is 2.39. The van der Waals surface area contributed by atoms with Crippen molar-refractivity contribution in [1.29, 1.82) is 0 Å². The predicted octanol–water partition coefficient (Wildman–Crippen LogP) is 2.73. The molecule has 1 aliphatic rings. The maximum Gasteiger partial charge on any atom is 0.243 e. The van der Waals surface area contributed by atoms with Gasteiger partial charge in [-0.3, -0.25) is 4.79 Å². The molecule has 116 valence electrons. The average molecular weight is 310 g/mol. The fourth-order valence-electron chi connectivity index (χ4n) is 2.91. The fourth-order valence-corrected chi connectivity index (χ4v) is 3.10. The number of amides is 1. The Balaban J connectivity index is 2.07. The van der Waals surface area contributed by atoms with Gasteiger partial charge in [0.15, 0.2) is 0 Å². The molecular weight excluding hydrogens is 286 g/mol. The Labute approximate surface area is 131 Å². The lowest BCUT2D eigenvalue weighted by molar-refractivity contribution is -0.123. The van der Waals surface area contributed by atoms with Crippen molar-refractivity contribution >= 4 is 23.2 Å². The highest BCUT2D eigenvalue weighted by Crippen LogP contribution is 2.28. The topological polar surface area (TPSA) is 58.4 Å². The number of carbonyl (C=O) groups excluding carboxylic acids is 1. The van der Waals surface area contributed by atoms with Crippen LogP contribution in [0.3, 0.4) is 0 Å². The van der Waals surface area contributed by atoms with E-state index in [0.29, 0.717) is 10.9 Å². The summed E-state index contributed by atoms with van der Waals surface area (Å²) in [7, 11) is 0. The van der Waals surface area contributed by atoms with E-state index >= 15 is 0 Å². The molecular formula is C16H24ClN3O. The van der Waals surface area contributed by atoms with Gasteiger partial charge in [0, 0.05) is 30.3 Å². The molecule has 2 rings (SSSR count). The first-order valence-corrected chi connectivity index (χ1v) is 7.85. The van der Waals surface area contributed by atoms with E-state index < -0.39 is 5.54 Å². The number of nitrogens with zero attached hydrogens (tertiary/aromatic N) is 1. The number of hydrogen-bond acceptors (Lipinski definition) is 3. The van der Waals surface area contributed by atoms with Crippen molar-refractivity contribution in [1.82, 2.24) is 4.90 Å². The van der Waals surface area contributed by atoms with Crippen LogP contribution in [0.25, 0.3) is 0 Å². The standard InChI is InChI=1S/C16H24ClN3O/c1-12(2)11-20-8-6-16(7-9-20,15(18)21)19-14-5-3-4-13(17)10-14/h3-5,10,12,19H,6-9,11H2,1-2H3,(H2,18,21). The molecule has 21 heavy (non-hydrogen) atoms. The van der Waals surface area contributed by atoms with E-state index in [2.05, 4.69) is 24.1 Å². The van der Waals surface area contributed by atoms with Crippen LogP contribution in [-0.2, 0) is 4.79 Å². The van der Waals surface area contributed by atoms with E-state index in [1.54, 1.807) is 0 Å². The largest absolute Gasteiger partial charge is 0.371 e. The lowest BCUT2D eigenvalue weighted by Gasteiger charge is -2.41. The van der Waals surface area contributed by atoms with E-state index in [1.807, 2.05) is 24.3 Å². The summed E-state index contributed by atoms with van der Waals surface area (Å²) in [6.07, 6.45) is 1.45. The van der Waals surface area contributed by atoms with Gasteiger partial charge >= 0.3 is 0 Å². The molecule has 1 aliphatic heterocycles. The summed E-state index contributed by atoms with van der Waals surface area (Å²) in [5.41, 5.74) is 5.86. The first kappa shape index (κ1) is 16.1. The number of carbonyl (C=O) groups is 1. The van der Waals surface area contributed by atoms with Crippen molar-refractivity contribution in [2.45, 2.75) is 32.2 Å². The van der Waals surface area contributed by atoms with Crippen molar-refractivity contribution in [3.63, 3.8) is 0 Å². The second kappa shape index (κ2) is 6.67. The van der Waals surface area contributed by atoms with Crippen LogP contribution in [0.15, 0.2) is 24.3 Å². The van der Waals surface area contributed by atoms with Crippen LogP contribution in [0.1, 0.15) is 26.7 Å². The zero-order chi connectivity index (χ0) is 15.5. The third-order valence-corrected chi connectivity index (χ3v) is 4.25. The number of piperidine rings is 1. The summed E-state index contributed by atoms with van der Waals surface area (Å²) in [5.74, 6) is 0.346. The number of hydrogen-bond donors (Lipinski definition) is 2. The second-order valence-corrected chi connectivity index (χ2v) is 6.71. The molecule has 1 heterocycles. The highest BCUT2D eigenvalue weighted by molar-refractivity contribution is 6.30. The average Bonchev–Trinajstić information content (AvgIpc) is 2.40. The first-order chi connectivity index (χ1) is 9.91.